The average Bonchev–Trinajstić information content (AvgIpc) is 2.75. The second-order valence-corrected chi connectivity index (χ2v) is 8.28. The summed E-state index contributed by atoms with van der Waals surface area (Å²) in [5.74, 6) is -0.432. The number of rotatable bonds is 5. The van der Waals surface area contributed by atoms with E-state index in [1.807, 2.05) is 33.8 Å². The van der Waals surface area contributed by atoms with Gasteiger partial charge in [-0.15, -0.1) is 0 Å². The second kappa shape index (κ2) is 7.96. The molecule has 0 bridgehead atoms. The molecule has 1 unspecified atom stereocenters. The number of carbonyl (C=O) groups is 1. The fourth-order valence-electron chi connectivity index (χ4n) is 2.90. The van der Waals surface area contributed by atoms with Crippen LogP contribution in [-0.2, 0) is 0 Å². The summed E-state index contributed by atoms with van der Waals surface area (Å²) in [6.45, 7) is 7.97. The second-order valence-electron chi connectivity index (χ2n) is 8.28. The number of hydrogen-bond donors (Lipinski definition) is 1. The van der Waals surface area contributed by atoms with Crippen molar-refractivity contribution in [2.45, 2.75) is 33.7 Å². The molecule has 0 saturated heterocycles. The minimum atomic E-state index is -0.716. The number of anilines is 3. The van der Waals surface area contributed by atoms with Crippen molar-refractivity contribution in [1.29, 1.82) is 5.26 Å². The maximum Gasteiger partial charge on any atom is 0.263 e. The highest BCUT2D eigenvalue weighted by atomic mass is 16.2. The number of amides is 1. The topological polar surface area (TPSA) is 90.3 Å². The van der Waals surface area contributed by atoms with Crippen LogP contribution in [0.4, 0.5) is 17.1 Å². The van der Waals surface area contributed by atoms with Crippen LogP contribution in [0.15, 0.2) is 64.2 Å². The van der Waals surface area contributed by atoms with Crippen molar-refractivity contribution < 1.29 is 4.79 Å². The van der Waals surface area contributed by atoms with Gasteiger partial charge in [-0.3, -0.25) is 19.3 Å². The van der Waals surface area contributed by atoms with Crippen molar-refractivity contribution in [2.24, 2.45) is 5.41 Å². The summed E-state index contributed by atoms with van der Waals surface area (Å²) < 4.78 is 0. The fourth-order valence-corrected chi connectivity index (χ4v) is 2.90. The van der Waals surface area contributed by atoms with Gasteiger partial charge in [0.05, 0.1) is 11.6 Å². The van der Waals surface area contributed by atoms with Gasteiger partial charge >= 0.3 is 0 Å². The number of hydrogen-bond acceptors (Lipinski definition) is 5. The van der Waals surface area contributed by atoms with Gasteiger partial charge in [0, 0.05) is 17.3 Å². The van der Waals surface area contributed by atoms with Crippen molar-refractivity contribution in [3.05, 3.63) is 86.2 Å². The molecule has 0 saturated carbocycles. The first-order chi connectivity index (χ1) is 14.1. The molecule has 0 aliphatic heterocycles. The molecule has 3 aromatic rings. The van der Waals surface area contributed by atoms with Gasteiger partial charge in [0.25, 0.3) is 16.8 Å². The fraction of sp³-hybridized carbons (Fsp3) is 0.250. The van der Waals surface area contributed by atoms with Gasteiger partial charge in [-0.2, -0.15) is 5.26 Å². The first-order valence-corrected chi connectivity index (χ1v) is 9.64. The number of nitriles is 1. The third-order valence-electron chi connectivity index (χ3n) is 5.25. The van der Waals surface area contributed by atoms with Crippen LogP contribution in [0.3, 0.4) is 0 Å². The minimum Gasteiger partial charge on any atom is -0.377 e. The van der Waals surface area contributed by atoms with E-state index in [2.05, 4.69) is 5.32 Å². The van der Waals surface area contributed by atoms with E-state index in [9.17, 15) is 14.4 Å². The van der Waals surface area contributed by atoms with Crippen LogP contribution in [0.25, 0.3) is 0 Å². The quantitative estimate of drug-likeness (QED) is 0.653. The van der Waals surface area contributed by atoms with Crippen molar-refractivity contribution in [2.75, 3.05) is 10.2 Å². The molecule has 0 aliphatic rings. The number of benzene rings is 2. The van der Waals surface area contributed by atoms with Crippen molar-refractivity contribution in [3.8, 4) is 6.07 Å². The molecule has 1 atom stereocenters. The largest absolute Gasteiger partial charge is 0.377 e. The molecule has 0 fully saturated rings. The molecule has 0 heterocycles. The van der Waals surface area contributed by atoms with E-state index in [-0.39, 0.29) is 22.8 Å². The molecule has 30 heavy (non-hydrogen) atoms. The zero-order chi connectivity index (χ0) is 22.1. The lowest BCUT2D eigenvalue weighted by Gasteiger charge is -2.32. The van der Waals surface area contributed by atoms with E-state index in [1.165, 1.54) is 4.90 Å². The zero-order valence-electron chi connectivity index (χ0n) is 17.4. The molecule has 6 heteroatoms. The molecule has 152 valence electrons. The Morgan fingerprint density at radius 3 is 2.13 bits per heavy atom. The predicted octanol–water partition coefficient (Wildman–Crippen LogP) is 3.98. The number of nitrogens with one attached hydrogen (secondary N) is 1. The third kappa shape index (κ3) is 3.87. The Kier molecular flexibility index (Phi) is 5.57. The van der Waals surface area contributed by atoms with Crippen LogP contribution in [-0.4, -0.2) is 11.9 Å². The summed E-state index contributed by atoms with van der Waals surface area (Å²) in [6, 6.07) is 16.8. The Labute approximate surface area is 175 Å². The average molecular weight is 401 g/mol. The van der Waals surface area contributed by atoms with Crippen LogP contribution in [0.5, 0.6) is 0 Å². The molecule has 6 nitrogen and oxygen atoms in total. The first kappa shape index (κ1) is 21.0. The van der Waals surface area contributed by atoms with Crippen molar-refractivity contribution >= 4 is 23.0 Å². The number of nitrogens with zero attached hydrogens (tertiary/aromatic N) is 2. The summed E-state index contributed by atoms with van der Waals surface area (Å²) in [7, 11) is 0. The maximum atomic E-state index is 13.3. The molecule has 3 aromatic carbocycles. The zero-order valence-corrected chi connectivity index (χ0v) is 17.4. The number of carbonyl (C=O) groups excluding carboxylic acids is 1. The standard InChI is InChI=1S/C24H23N3O3/c1-15(24(2,3)4)26-19-20(22(29)21(19)28)27(18-12-10-16(14-25)11-13-18)23(30)17-8-6-5-7-9-17/h5-13,15,26H,1-4H3. The Morgan fingerprint density at radius 1 is 1.00 bits per heavy atom. The molecule has 1 N–H and O–H groups in total. The van der Waals surface area contributed by atoms with E-state index in [0.29, 0.717) is 16.8 Å². The summed E-state index contributed by atoms with van der Waals surface area (Å²) in [5, 5.41) is 12.2. The Bertz CT molecular complexity index is 1180. The van der Waals surface area contributed by atoms with Gasteiger partial charge in [-0.1, -0.05) is 39.0 Å². The summed E-state index contributed by atoms with van der Waals surface area (Å²) in [6.07, 6.45) is 0. The lowest BCUT2D eigenvalue weighted by molar-refractivity contribution is 0.0999. The SMILES string of the molecule is CC(Nc1c(N(C(=O)c2ccccc2)c2ccc(C#N)cc2)c(=O)c1=O)C(C)(C)C. The summed E-state index contributed by atoms with van der Waals surface area (Å²) in [4.78, 5) is 39.6. The van der Waals surface area contributed by atoms with E-state index < -0.39 is 16.8 Å². The minimum absolute atomic E-state index is 0.0228. The van der Waals surface area contributed by atoms with Crippen LogP contribution in [0.1, 0.15) is 43.6 Å². The molecule has 0 spiro atoms. The molecule has 3 rings (SSSR count). The van der Waals surface area contributed by atoms with Gasteiger partial charge in [0.2, 0.25) is 0 Å². The molecule has 1 amide bonds. The monoisotopic (exact) mass is 401 g/mol. The highest BCUT2D eigenvalue weighted by Gasteiger charge is 2.33. The smallest absolute Gasteiger partial charge is 0.263 e. The van der Waals surface area contributed by atoms with Crippen molar-refractivity contribution in [3.63, 3.8) is 0 Å². The van der Waals surface area contributed by atoms with E-state index >= 15 is 0 Å². The lowest BCUT2D eigenvalue weighted by Crippen LogP contribution is -2.45. The third-order valence-corrected chi connectivity index (χ3v) is 5.25. The van der Waals surface area contributed by atoms with E-state index in [1.54, 1.807) is 54.6 Å². The lowest BCUT2D eigenvalue weighted by atomic mass is 9.87. The van der Waals surface area contributed by atoms with Crippen LogP contribution in [0, 0.1) is 16.7 Å². The normalized spacial score (nSPS) is 12.2. The molecule has 0 aromatic heterocycles. The highest BCUT2D eigenvalue weighted by molar-refractivity contribution is 6.13. The van der Waals surface area contributed by atoms with Gasteiger partial charge < -0.3 is 5.32 Å². The molecule has 0 radical (unpaired) electrons. The first-order valence-electron chi connectivity index (χ1n) is 9.64. The molecular formula is C24H23N3O3. The van der Waals surface area contributed by atoms with Crippen molar-refractivity contribution in [1.82, 2.24) is 0 Å². The Hall–Kier alpha value is -3.72. The van der Waals surface area contributed by atoms with E-state index in [4.69, 9.17) is 5.26 Å². The summed E-state index contributed by atoms with van der Waals surface area (Å²) >= 11 is 0. The van der Waals surface area contributed by atoms with Gasteiger partial charge in [0.15, 0.2) is 0 Å². The summed E-state index contributed by atoms with van der Waals surface area (Å²) in [5.41, 5.74) is -0.153. The molecular weight excluding hydrogens is 378 g/mol. The van der Waals surface area contributed by atoms with Crippen LogP contribution >= 0.6 is 0 Å². The van der Waals surface area contributed by atoms with Crippen LogP contribution in [0.2, 0.25) is 0 Å². The maximum absolute atomic E-state index is 13.3. The van der Waals surface area contributed by atoms with E-state index in [0.717, 1.165) is 0 Å². The Morgan fingerprint density at radius 2 is 1.60 bits per heavy atom. The van der Waals surface area contributed by atoms with Gasteiger partial charge in [-0.05, 0) is 48.7 Å². The van der Waals surface area contributed by atoms with Crippen LogP contribution < -0.4 is 21.1 Å². The van der Waals surface area contributed by atoms with Gasteiger partial charge in [0.1, 0.15) is 11.4 Å². The molecule has 0 aliphatic carbocycles. The van der Waals surface area contributed by atoms with Gasteiger partial charge in [-0.25, -0.2) is 0 Å². The highest BCUT2D eigenvalue weighted by Crippen LogP contribution is 2.33. The Balaban J connectivity index is 2.13. The predicted molar refractivity (Wildman–Crippen MR) is 118 cm³/mol.